The number of hydrogen-bond donors (Lipinski definition) is 1. The monoisotopic (exact) mass is 366 g/mol. The van der Waals surface area contributed by atoms with Gasteiger partial charge in [-0.3, -0.25) is 4.79 Å². The largest absolute Gasteiger partial charge is 0.466 e. The van der Waals surface area contributed by atoms with Gasteiger partial charge in [0.15, 0.2) is 6.29 Å². The van der Waals surface area contributed by atoms with Crippen LogP contribution in [0, 0.1) is 0 Å². The molecular weight excluding hydrogens is 336 g/mol. The van der Waals surface area contributed by atoms with E-state index < -0.39 is 12.1 Å². The highest BCUT2D eigenvalue weighted by Crippen LogP contribution is 2.18. The van der Waals surface area contributed by atoms with E-state index in [1.165, 1.54) is 0 Å². The molecule has 1 aliphatic rings. The molecule has 0 aromatic heterocycles. The molecule has 0 amide bonds. The van der Waals surface area contributed by atoms with Crippen LogP contribution in [0.2, 0.25) is 0 Å². The lowest BCUT2D eigenvalue weighted by molar-refractivity contribution is -0.204. The van der Waals surface area contributed by atoms with Gasteiger partial charge in [0.1, 0.15) is 0 Å². The molecule has 1 heterocycles. The van der Waals surface area contributed by atoms with Crippen LogP contribution in [0.3, 0.4) is 0 Å². The Morgan fingerprint density at radius 2 is 2.12 bits per heavy atom. The molecule has 0 spiro atoms. The molecule has 1 unspecified atom stereocenters. The van der Waals surface area contributed by atoms with E-state index in [1.807, 2.05) is 30.3 Å². The van der Waals surface area contributed by atoms with Crippen LogP contribution in [0.15, 0.2) is 30.3 Å². The maximum Gasteiger partial charge on any atom is 0.308 e. The second-order valence-corrected chi connectivity index (χ2v) is 6.45. The van der Waals surface area contributed by atoms with Crippen molar-refractivity contribution in [2.24, 2.45) is 0 Å². The van der Waals surface area contributed by atoms with Gasteiger partial charge in [-0.1, -0.05) is 30.3 Å². The number of aliphatic hydroxyl groups excluding tert-OH is 1. The van der Waals surface area contributed by atoms with Gasteiger partial charge >= 0.3 is 5.97 Å². The first-order chi connectivity index (χ1) is 12.7. The molecule has 1 aromatic rings. The summed E-state index contributed by atoms with van der Waals surface area (Å²) >= 11 is 0. The summed E-state index contributed by atoms with van der Waals surface area (Å²) in [6.07, 6.45) is 1.75. The Bertz CT molecular complexity index is 500. The zero-order valence-electron chi connectivity index (χ0n) is 15.5. The van der Waals surface area contributed by atoms with Gasteiger partial charge in [-0.2, -0.15) is 0 Å². The number of aliphatic hydroxyl groups is 1. The van der Waals surface area contributed by atoms with Gasteiger partial charge in [-0.25, -0.2) is 0 Å². The fourth-order valence-corrected chi connectivity index (χ4v) is 2.88. The van der Waals surface area contributed by atoms with Crippen LogP contribution >= 0.6 is 0 Å². The maximum atomic E-state index is 11.5. The molecule has 1 aromatic carbocycles. The van der Waals surface area contributed by atoms with Gasteiger partial charge in [0.05, 0.1) is 38.4 Å². The lowest BCUT2D eigenvalue weighted by Crippen LogP contribution is -2.33. The van der Waals surface area contributed by atoms with E-state index in [4.69, 9.17) is 18.9 Å². The predicted molar refractivity (Wildman–Crippen MR) is 96.4 cm³/mol. The molecule has 0 bridgehead atoms. The average Bonchev–Trinajstić information content (AvgIpc) is 2.63. The highest BCUT2D eigenvalue weighted by molar-refractivity contribution is 5.69. The van der Waals surface area contributed by atoms with Crippen molar-refractivity contribution in [2.75, 3.05) is 19.8 Å². The number of hydrogen-bond acceptors (Lipinski definition) is 6. The number of esters is 1. The molecule has 26 heavy (non-hydrogen) atoms. The number of ether oxygens (including phenoxy) is 4. The summed E-state index contributed by atoms with van der Waals surface area (Å²) in [5, 5.41) is 10.2. The van der Waals surface area contributed by atoms with E-state index in [1.54, 1.807) is 6.92 Å². The Morgan fingerprint density at radius 3 is 2.81 bits per heavy atom. The summed E-state index contributed by atoms with van der Waals surface area (Å²) in [5.41, 5.74) is 1.08. The Balaban J connectivity index is 1.82. The van der Waals surface area contributed by atoms with Gasteiger partial charge in [-0.15, -0.1) is 0 Å². The molecule has 6 heteroatoms. The van der Waals surface area contributed by atoms with E-state index in [0.717, 1.165) is 24.8 Å². The second-order valence-electron chi connectivity index (χ2n) is 6.45. The third kappa shape index (κ3) is 8.27. The molecule has 3 atom stereocenters. The van der Waals surface area contributed by atoms with Gasteiger partial charge < -0.3 is 24.1 Å². The van der Waals surface area contributed by atoms with Crippen molar-refractivity contribution in [1.29, 1.82) is 0 Å². The number of benzene rings is 1. The van der Waals surface area contributed by atoms with Gasteiger partial charge in [-0.05, 0) is 31.7 Å². The summed E-state index contributed by atoms with van der Waals surface area (Å²) in [6, 6.07) is 9.88. The number of carbonyl (C=O) groups is 1. The van der Waals surface area contributed by atoms with Crippen LogP contribution < -0.4 is 0 Å². The van der Waals surface area contributed by atoms with Crippen LogP contribution in [0.5, 0.6) is 0 Å². The molecule has 1 saturated heterocycles. The zero-order valence-corrected chi connectivity index (χ0v) is 15.5. The summed E-state index contributed by atoms with van der Waals surface area (Å²) < 4.78 is 22.3. The molecule has 1 fully saturated rings. The standard InChI is InChI=1S/C20H30O6/c1-2-24-19(22)13-17(21)12-18(26-20-10-6-7-11-25-20)15-23-14-16-8-4-3-5-9-16/h3-5,8-9,17-18,20-21H,2,6-7,10-15H2,1H3/t17-,18+,20?/m1/s1. The Hall–Kier alpha value is -1.47. The molecule has 2 rings (SSSR count). The first-order valence-corrected chi connectivity index (χ1v) is 9.39. The molecule has 6 nitrogen and oxygen atoms in total. The molecule has 1 N–H and O–H groups in total. The van der Waals surface area contributed by atoms with Crippen molar-refractivity contribution in [2.45, 2.75) is 64.1 Å². The first kappa shape index (κ1) is 20.8. The topological polar surface area (TPSA) is 74.2 Å². The summed E-state index contributed by atoms with van der Waals surface area (Å²) in [6.45, 7) is 3.54. The lowest BCUT2D eigenvalue weighted by Gasteiger charge is -2.28. The molecule has 0 radical (unpaired) electrons. The van der Waals surface area contributed by atoms with Crippen molar-refractivity contribution in [3.05, 3.63) is 35.9 Å². The number of rotatable bonds is 11. The van der Waals surface area contributed by atoms with Gasteiger partial charge in [0.2, 0.25) is 0 Å². The van der Waals surface area contributed by atoms with Gasteiger partial charge in [0.25, 0.3) is 0 Å². The van der Waals surface area contributed by atoms with Crippen molar-refractivity contribution in [3.63, 3.8) is 0 Å². The fourth-order valence-electron chi connectivity index (χ4n) is 2.88. The van der Waals surface area contributed by atoms with Crippen molar-refractivity contribution >= 4 is 5.97 Å². The molecule has 0 saturated carbocycles. The predicted octanol–water partition coefficient (Wildman–Crippen LogP) is 2.82. The molecule has 0 aliphatic carbocycles. The summed E-state index contributed by atoms with van der Waals surface area (Å²) in [7, 11) is 0. The normalized spacial score (nSPS) is 19.7. The Morgan fingerprint density at radius 1 is 1.31 bits per heavy atom. The molecule has 146 valence electrons. The van der Waals surface area contributed by atoms with Crippen LogP contribution in [0.1, 0.15) is 44.6 Å². The van der Waals surface area contributed by atoms with Crippen molar-refractivity contribution < 1.29 is 28.8 Å². The van der Waals surface area contributed by atoms with E-state index in [0.29, 0.717) is 32.8 Å². The SMILES string of the molecule is CCOC(=O)C[C@H](O)C[C@@H](COCc1ccccc1)OC1CCCCO1. The van der Waals surface area contributed by atoms with Crippen LogP contribution in [-0.4, -0.2) is 49.4 Å². The molecule has 1 aliphatic heterocycles. The third-order valence-electron chi connectivity index (χ3n) is 4.14. The lowest BCUT2D eigenvalue weighted by atomic mass is 10.1. The summed E-state index contributed by atoms with van der Waals surface area (Å²) in [5.74, 6) is -0.405. The van der Waals surface area contributed by atoms with E-state index >= 15 is 0 Å². The highest BCUT2D eigenvalue weighted by atomic mass is 16.7. The Labute approximate surface area is 155 Å². The Kier molecular flexibility index (Phi) is 9.63. The average molecular weight is 366 g/mol. The molecular formula is C20H30O6. The third-order valence-corrected chi connectivity index (χ3v) is 4.14. The minimum atomic E-state index is -0.831. The quantitative estimate of drug-likeness (QED) is 0.607. The number of carbonyl (C=O) groups excluding carboxylic acids is 1. The smallest absolute Gasteiger partial charge is 0.308 e. The van der Waals surface area contributed by atoms with Crippen LogP contribution in [0.25, 0.3) is 0 Å². The second kappa shape index (κ2) is 12.0. The van der Waals surface area contributed by atoms with E-state index in [2.05, 4.69) is 0 Å². The van der Waals surface area contributed by atoms with Crippen LogP contribution in [-0.2, 0) is 30.3 Å². The van der Waals surface area contributed by atoms with Gasteiger partial charge in [0, 0.05) is 13.0 Å². The first-order valence-electron chi connectivity index (χ1n) is 9.39. The van der Waals surface area contributed by atoms with E-state index in [9.17, 15) is 9.90 Å². The highest BCUT2D eigenvalue weighted by Gasteiger charge is 2.24. The maximum absolute atomic E-state index is 11.5. The fraction of sp³-hybridized carbons (Fsp3) is 0.650. The zero-order chi connectivity index (χ0) is 18.6. The van der Waals surface area contributed by atoms with Crippen molar-refractivity contribution in [3.8, 4) is 0 Å². The minimum absolute atomic E-state index is 0.0437. The van der Waals surface area contributed by atoms with Crippen molar-refractivity contribution in [1.82, 2.24) is 0 Å². The van der Waals surface area contributed by atoms with Crippen LogP contribution in [0.4, 0.5) is 0 Å². The minimum Gasteiger partial charge on any atom is -0.466 e. The van der Waals surface area contributed by atoms with E-state index in [-0.39, 0.29) is 18.8 Å². The summed E-state index contributed by atoms with van der Waals surface area (Å²) in [4.78, 5) is 11.5.